The first kappa shape index (κ1) is 19.1. The number of anilines is 1. The Hall–Kier alpha value is -3.23. The van der Waals surface area contributed by atoms with Crippen LogP contribution in [-0.4, -0.2) is 42.5 Å². The summed E-state index contributed by atoms with van der Waals surface area (Å²) in [5.41, 5.74) is -0.437. The number of carboxylic acids is 1. The van der Waals surface area contributed by atoms with Crippen LogP contribution < -0.4 is 14.8 Å². The van der Waals surface area contributed by atoms with Gasteiger partial charge in [0.05, 0.1) is 25.0 Å². The van der Waals surface area contributed by atoms with Gasteiger partial charge in [-0.05, 0) is 6.92 Å². The van der Waals surface area contributed by atoms with Gasteiger partial charge in [0.1, 0.15) is 0 Å². The zero-order valence-corrected chi connectivity index (χ0v) is 14.7. The molecule has 26 heavy (non-hydrogen) atoms. The summed E-state index contributed by atoms with van der Waals surface area (Å²) < 4.78 is 20.5. The van der Waals surface area contributed by atoms with E-state index in [1.807, 2.05) is 0 Å². The molecular formula is C17H19NO8. The molecule has 1 aliphatic heterocycles. The van der Waals surface area contributed by atoms with Crippen LogP contribution in [0.1, 0.15) is 31.1 Å². The minimum atomic E-state index is -1.36. The lowest BCUT2D eigenvalue weighted by Gasteiger charge is -2.29. The van der Waals surface area contributed by atoms with E-state index in [0.717, 1.165) is 6.20 Å². The Labute approximate surface area is 149 Å². The fourth-order valence-electron chi connectivity index (χ4n) is 2.21. The fourth-order valence-corrected chi connectivity index (χ4v) is 2.21. The van der Waals surface area contributed by atoms with Gasteiger partial charge in [0.15, 0.2) is 17.1 Å². The van der Waals surface area contributed by atoms with Crippen molar-refractivity contribution in [2.75, 3.05) is 19.0 Å². The quantitative estimate of drug-likeness (QED) is 0.442. The maximum absolute atomic E-state index is 11.9. The standard InChI is InChI=1S/C17H19NO8/c1-5-24-13-6-9(14(19)20)11(7-12(13)23-4)18-8-10-15(21)25-17(2,3)26-16(10)22/h6-8,18H,5H2,1-4H3,(H,19,20). The molecule has 0 saturated carbocycles. The van der Waals surface area contributed by atoms with Gasteiger partial charge >= 0.3 is 17.9 Å². The summed E-state index contributed by atoms with van der Waals surface area (Å²) in [6.07, 6.45) is 1.03. The minimum absolute atomic E-state index is 0.0933. The Morgan fingerprint density at radius 3 is 2.35 bits per heavy atom. The minimum Gasteiger partial charge on any atom is -0.493 e. The van der Waals surface area contributed by atoms with Crippen LogP contribution in [0.2, 0.25) is 0 Å². The smallest absolute Gasteiger partial charge is 0.350 e. The molecule has 2 N–H and O–H groups in total. The summed E-state index contributed by atoms with van der Waals surface area (Å²) in [6, 6.07) is 2.67. The molecule has 140 valence electrons. The van der Waals surface area contributed by atoms with Crippen molar-refractivity contribution in [2.45, 2.75) is 26.6 Å². The molecule has 0 aromatic heterocycles. The Morgan fingerprint density at radius 1 is 1.23 bits per heavy atom. The molecule has 1 aliphatic rings. The highest BCUT2D eigenvalue weighted by atomic mass is 16.7. The Balaban J connectivity index is 2.38. The molecule has 9 nitrogen and oxygen atoms in total. The first-order chi connectivity index (χ1) is 12.2. The molecule has 0 amide bonds. The number of ether oxygens (including phenoxy) is 4. The van der Waals surface area contributed by atoms with Crippen LogP contribution in [0.5, 0.6) is 11.5 Å². The van der Waals surface area contributed by atoms with Crippen molar-refractivity contribution in [1.29, 1.82) is 0 Å². The zero-order valence-electron chi connectivity index (χ0n) is 14.7. The number of carboxylic acid groups (broad SMARTS) is 1. The maximum Gasteiger partial charge on any atom is 0.350 e. The van der Waals surface area contributed by atoms with E-state index in [9.17, 15) is 19.5 Å². The highest BCUT2D eigenvalue weighted by molar-refractivity contribution is 6.15. The molecular weight excluding hydrogens is 346 g/mol. The predicted molar refractivity (Wildman–Crippen MR) is 89.1 cm³/mol. The summed E-state index contributed by atoms with van der Waals surface area (Å²) in [5, 5.41) is 12.0. The summed E-state index contributed by atoms with van der Waals surface area (Å²) >= 11 is 0. The topological polar surface area (TPSA) is 120 Å². The van der Waals surface area contributed by atoms with Crippen molar-refractivity contribution in [3.63, 3.8) is 0 Å². The number of hydrogen-bond donors (Lipinski definition) is 2. The van der Waals surface area contributed by atoms with E-state index >= 15 is 0 Å². The van der Waals surface area contributed by atoms with Crippen LogP contribution in [0.3, 0.4) is 0 Å². The van der Waals surface area contributed by atoms with Crippen molar-refractivity contribution in [3.8, 4) is 11.5 Å². The number of benzene rings is 1. The molecule has 1 aromatic rings. The van der Waals surface area contributed by atoms with Gasteiger partial charge in [0, 0.05) is 32.2 Å². The maximum atomic E-state index is 11.9. The average Bonchev–Trinajstić information content (AvgIpc) is 2.53. The van der Waals surface area contributed by atoms with Gasteiger partial charge in [-0.1, -0.05) is 0 Å². The lowest BCUT2D eigenvalue weighted by Crippen LogP contribution is -2.42. The number of methoxy groups -OCH3 is 1. The number of hydrogen-bond acceptors (Lipinski definition) is 8. The monoisotopic (exact) mass is 365 g/mol. The third-order valence-electron chi connectivity index (χ3n) is 3.32. The molecule has 1 heterocycles. The lowest BCUT2D eigenvalue weighted by molar-refractivity contribution is -0.222. The van der Waals surface area contributed by atoms with Crippen LogP contribution in [0.4, 0.5) is 5.69 Å². The van der Waals surface area contributed by atoms with Crippen LogP contribution in [0.15, 0.2) is 23.9 Å². The molecule has 1 saturated heterocycles. The summed E-state index contributed by atoms with van der Waals surface area (Å²) in [5.74, 6) is -3.82. The van der Waals surface area contributed by atoms with E-state index in [0.29, 0.717) is 6.61 Å². The number of carbonyl (C=O) groups excluding carboxylic acids is 2. The highest BCUT2D eigenvalue weighted by Crippen LogP contribution is 2.34. The van der Waals surface area contributed by atoms with Crippen molar-refractivity contribution in [3.05, 3.63) is 29.5 Å². The van der Waals surface area contributed by atoms with E-state index < -0.39 is 29.3 Å². The van der Waals surface area contributed by atoms with Gasteiger partial charge in [0.25, 0.3) is 5.79 Å². The number of aromatic carboxylic acids is 1. The SMILES string of the molecule is CCOc1cc(C(=O)O)c(NC=C2C(=O)OC(C)(C)OC2=O)cc1OC. The summed E-state index contributed by atoms with van der Waals surface area (Å²) in [6.45, 7) is 4.91. The summed E-state index contributed by atoms with van der Waals surface area (Å²) in [4.78, 5) is 35.4. The lowest BCUT2D eigenvalue weighted by atomic mass is 10.1. The molecule has 0 bridgehead atoms. The van der Waals surface area contributed by atoms with Gasteiger partial charge in [-0.25, -0.2) is 14.4 Å². The molecule has 0 spiro atoms. The van der Waals surface area contributed by atoms with Crippen molar-refractivity contribution in [2.24, 2.45) is 0 Å². The van der Waals surface area contributed by atoms with E-state index in [2.05, 4.69) is 5.32 Å². The molecule has 0 unspecified atom stereocenters. The first-order valence-corrected chi connectivity index (χ1v) is 7.70. The molecule has 1 aromatic carbocycles. The molecule has 0 aliphatic carbocycles. The molecule has 0 radical (unpaired) electrons. The van der Waals surface area contributed by atoms with Gasteiger partial charge in [-0.3, -0.25) is 0 Å². The van der Waals surface area contributed by atoms with Crippen LogP contribution >= 0.6 is 0 Å². The number of esters is 2. The van der Waals surface area contributed by atoms with E-state index in [4.69, 9.17) is 18.9 Å². The normalized spacial score (nSPS) is 15.6. The predicted octanol–water partition coefficient (Wildman–Crippen LogP) is 1.92. The molecule has 9 heteroatoms. The van der Waals surface area contributed by atoms with Gasteiger partial charge in [0.2, 0.25) is 0 Å². The third kappa shape index (κ3) is 4.05. The van der Waals surface area contributed by atoms with E-state index in [1.165, 1.54) is 33.1 Å². The van der Waals surface area contributed by atoms with Crippen molar-refractivity contribution in [1.82, 2.24) is 0 Å². The zero-order chi connectivity index (χ0) is 19.5. The number of nitrogens with one attached hydrogen (secondary N) is 1. The Morgan fingerprint density at radius 2 is 1.85 bits per heavy atom. The van der Waals surface area contributed by atoms with Crippen LogP contribution in [0.25, 0.3) is 0 Å². The van der Waals surface area contributed by atoms with Crippen molar-refractivity contribution < 1.29 is 38.4 Å². The van der Waals surface area contributed by atoms with Crippen molar-refractivity contribution >= 4 is 23.6 Å². The summed E-state index contributed by atoms with van der Waals surface area (Å²) in [7, 11) is 1.40. The van der Waals surface area contributed by atoms with E-state index in [1.54, 1.807) is 6.92 Å². The second-order valence-corrected chi connectivity index (χ2v) is 5.67. The van der Waals surface area contributed by atoms with Gasteiger partial charge in [-0.15, -0.1) is 0 Å². The van der Waals surface area contributed by atoms with Crippen LogP contribution in [-0.2, 0) is 19.1 Å². The Kier molecular flexibility index (Phi) is 5.39. The second-order valence-electron chi connectivity index (χ2n) is 5.67. The van der Waals surface area contributed by atoms with Gasteiger partial charge in [-0.2, -0.15) is 0 Å². The number of carbonyl (C=O) groups is 3. The van der Waals surface area contributed by atoms with Crippen LogP contribution in [0, 0.1) is 0 Å². The second kappa shape index (κ2) is 7.34. The Bertz CT molecular complexity index is 759. The average molecular weight is 365 g/mol. The largest absolute Gasteiger partial charge is 0.493 e. The molecule has 1 fully saturated rings. The number of cyclic esters (lactones) is 2. The molecule has 2 rings (SSSR count). The molecule has 0 atom stereocenters. The number of rotatable bonds is 6. The third-order valence-corrected chi connectivity index (χ3v) is 3.32. The highest BCUT2D eigenvalue weighted by Gasteiger charge is 2.39. The van der Waals surface area contributed by atoms with Gasteiger partial charge < -0.3 is 29.4 Å². The fraction of sp³-hybridized carbons (Fsp3) is 0.353. The first-order valence-electron chi connectivity index (χ1n) is 7.70. The van der Waals surface area contributed by atoms with E-state index in [-0.39, 0.29) is 22.7 Å².